The SMILES string of the molecule is CC(C)CN1C(=O)C(CC(=O)NCCN2CCCCC2)SC1c1cccc(OC(F)(F)F)c1. The topological polar surface area (TPSA) is 61.9 Å². The van der Waals surface area contributed by atoms with Crippen molar-refractivity contribution >= 4 is 23.6 Å². The van der Waals surface area contributed by atoms with Crippen molar-refractivity contribution in [1.29, 1.82) is 0 Å². The molecule has 2 fully saturated rings. The third kappa shape index (κ3) is 7.81. The Kier molecular flexibility index (Phi) is 8.92. The van der Waals surface area contributed by atoms with Crippen LogP contribution in [0.2, 0.25) is 0 Å². The van der Waals surface area contributed by atoms with Gasteiger partial charge in [0.15, 0.2) is 0 Å². The van der Waals surface area contributed by atoms with E-state index in [9.17, 15) is 22.8 Å². The number of ether oxygens (including phenoxy) is 1. The largest absolute Gasteiger partial charge is 0.573 e. The predicted molar refractivity (Wildman–Crippen MR) is 122 cm³/mol. The van der Waals surface area contributed by atoms with Crippen molar-refractivity contribution in [2.75, 3.05) is 32.7 Å². The molecule has 2 saturated heterocycles. The van der Waals surface area contributed by atoms with Gasteiger partial charge in [0, 0.05) is 26.1 Å². The van der Waals surface area contributed by atoms with Gasteiger partial charge in [-0.3, -0.25) is 9.59 Å². The van der Waals surface area contributed by atoms with E-state index in [0.717, 1.165) is 19.6 Å². The van der Waals surface area contributed by atoms with Crippen molar-refractivity contribution in [3.63, 3.8) is 0 Å². The van der Waals surface area contributed by atoms with E-state index < -0.39 is 17.0 Å². The molecule has 1 N–H and O–H groups in total. The Hall–Kier alpha value is -1.94. The Bertz CT molecular complexity index is 816. The fourth-order valence-electron chi connectivity index (χ4n) is 4.20. The number of nitrogens with zero attached hydrogens (tertiary/aromatic N) is 2. The molecule has 0 aromatic heterocycles. The van der Waals surface area contributed by atoms with E-state index in [1.54, 1.807) is 11.0 Å². The minimum Gasteiger partial charge on any atom is -0.406 e. The highest BCUT2D eigenvalue weighted by Crippen LogP contribution is 2.45. The second-order valence-electron chi connectivity index (χ2n) is 8.94. The van der Waals surface area contributed by atoms with Gasteiger partial charge >= 0.3 is 6.36 Å². The number of halogens is 3. The Morgan fingerprint density at radius 3 is 2.64 bits per heavy atom. The van der Waals surface area contributed by atoms with Crippen LogP contribution in [0.4, 0.5) is 13.2 Å². The number of hydrogen-bond donors (Lipinski definition) is 1. The number of thioether (sulfide) groups is 1. The van der Waals surface area contributed by atoms with Crippen LogP contribution in [-0.4, -0.2) is 66.0 Å². The van der Waals surface area contributed by atoms with Crippen molar-refractivity contribution in [3.8, 4) is 5.75 Å². The maximum Gasteiger partial charge on any atom is 0.573 e. The molecule has 2 heterocycles. The highest BCUT2D eigenvalue weighted by molar-refractivity contribution is 8.01. The molecule has 0 bridgehead atoms. The number of hydrogen-bond acceptors (Lipinski definition) is 5. The van der Waals surface area contributed by atoms with Gasteiger partial charge in [0.2, 0.25) is 11.8 Å². The molecule has 2 aliphatic rings. The summed E-state index contributed by atoms with van der Waals surface area (Å²) in [5.74, 6) is -0.496. The molecular weight excluding hydrogens is 455 g/mol. The number of amides is 2. The van der Waals surface area contributed by atoms with Gasteiger partial charge in [-0.15, -0.1) is 24.9 Å². The Morgan fingerprint density at radius 1 is 1.24 bits per heavy atom. The van der Waals surface area contributed by atoms with E-state index in [0.29, 0.717) is 18.7 Å². The Morgan fingerprint density at radius 2 is 1.97 bits per heavy atom. The van der Waals surface area contributed by atoms with Gasteiger partial charge < -0.3 is 19.9 Å². The summed E-state index contributed by atoms with van der Waals surface area (Å²) in [6.07, 6.45) is -1.12. The summed E-state index contributed by atoms with van der Waals surface area (Å²) < 4.78 is 42.0. The molecule has 2 atom stereocenters. The lowest BCUT2D eigenvalue weighted by Crippen LogP contribution is -2.39. The van der Waals surface area contributed by atoms with Crippen molar-refractivity contribution in [1.82, 2.24) is 15.1 Å². The van der Waals surface area contributed by atoms with E-state index in [1.165, 1.54) is 49.2 Å². The zero-order chi connectivity index (χ0) is 24.0. The second-order valence-corrected chi connectivity index (χ2v) is 10.2. The average Bonchev–Trinajstić information content (AvgIpc) is 3.03. The lowest BCUT2D eigenvalue weighted by Gasteiger charge is -2.26. The summed E-state index contributed by atoms with van der Waals surface area (Å²) in [5, 5.41) is 1.87. The van der Waals surface area contributed by atoms with Crippen molar-refractivity contribution < 1.29 is 27.5 Å². The second kappa shape index (κ2) is 11.5. The van der Waals surface area contributed by atoms with Crippen LogP contribution in [0, 0.1) is 5.92 Å². The number of carbonyl (C=O) groups excluding carboxylic acids is 2. The lowest BCUT2D eigenvalue weighted by molar-refractivity contribution is -0.274. The number of piperidine rings is 1. The zero-order valence-corrected chi connectivity index (χ0v) is 19.9. The molecule has 2 aliphatic heterocycles. The molecule has 0 spiro atoms. The van der Waals surface area contributed by atoms with Crippen LogP contribution in [-0.2, 0) is 9.59 Å². The molecule has 2 amide bonds. The molecule has 10 heteroatoms. The highest BCUT2D eigenvalue weighted by atomic mass is 32.2. The van der Waals surface area contributed by atoms with Gasteiger partial charge in [0.05, 0.1) is 5.25 Å². The van der Waals surface area contributed by atoms with Gasteiger partial charge in [-0.25, -0.2) is 0 Å². The van der Waals surface area contributed by atoms with E-state index in [-0.39, 0.29) is 29.9 Å². The first kappa shape index (κ1) is 25.7. The van der Waals surface area contributed by atoms with Crippen LogP contribution in [0.15, 0.2) is 24.3 Å². The number of benzene rings is 1. The van der Waals surface area contributed by atoms with Gasteiger partial charge in [-0.2, -0.15) is 0 Å². The molecule has 6 nitrogen and oxygen atoms in total. The summed E-state index contributed by atoms with van der Waals surface area (Å²) >= 11 is 1.31. The number of carbonyl (C=O) groups is 2. The maximum absolute atomic E-state index is 13.1. The minimum absolute atomic E-state index is 0.0489. The Labute approximate surface area is 197 Å². The van der Waals surface area contributed by atoms with Crippen LogP contribution in [0.5, 0.6) is 5.75 Å². The molecule has 33 heavy (non-hydrogen) atoms. The first-order valence-electron chi connectivity index (χ1n) is 11.4. The van der Waals surface area contributed by atoms with Crippen molar-refractivity contribution in [2.24, 2.45) is 5.92 Å². The molecule has 2 unspecified atom stereocenters. The van der Waals surface area contributed by atoms with Crippen LogP contribution >= 0.6 is 11.8 Å². The number of alkyl halides is 3. The van der Waals surface area contributed by atoms with Crippen molar-refractivity contribution in [3.05, 3.63) is 29.8 Å². The van der Waals surface area contributed by atoms with E-state index >= 15 is 0 Å². The quantitative estimate of drug-likeness (QED) is 0.566. The maximum atomic E-state index is 13.1. The first-order chi connectivity index (χ1) is 15.6. The van der Waals surface area contributed by atoms with Gasteiger partial charge in [0.25, 0.3) is 0 Å². The molecule has 0 radical (unpaired) electrons. The van der Waals surface area contributed by atoms with E-state index in [1.807, 2.05) is 13.8 Å². The molecule has 184 valence electrons. The number of rotatable bonds is 9. The molecule has 1 aromatic rings. The molecular formula is C23H32F3N3O3S. The third-order valence-corrected chi connectivity index (χ3v) is 7.12. The Balaban J connectivity index is 1.62. The van der Waals surface area contributed by atoms with Crippen LogP contribution < -0.4 is 10.1 Å². The monoisotopic (exact) mass is 487 g/mol. The van der Waals surface area contributed by atoms with Gasteiger partial charge in [-0.05, 0) is 49.5 Å². The smallest absolute Gasteiger partial charge is 0.406 e. The standard InChI is InChI=1S/C23H32F3N3O3S/c1-16(2)15-29-21(31)19(14-20(30)27-9-12-28-10-4-3-5-11-28)33-22(29)17-7-6-8-18(13-17)32-23(24,25)26/h6-8,13,16,19,22H,3-5,9-12,14-15H2,1-2H3,(H,27,30). The zero-order valence-electron chi connectivity index (χ0n) is 19.1. The van der Waals surface area contributed by atoms with E-state index in [2.05, 4.69) is 15.0 Å². The normalized spacial score (nSPS) is 22.1. The number of likely N-dealkylation sites (tertiary alicyclic amines) is 1. The summed E-state index contributed by atoms with van der Waals surface area (Å²) in [6, 6.07) is 5.71. The molecule has 0 aliphatic carbocycles. The molecule has 0 saturated carbocycles. The average molecular weight is 488 g/mol. The minimum atomic E-state index is -4.79. The molecule has 3 rings (SSSR count). The first-order valence-corrected chi connectivity index (χ1v) is 12.4. The van der Waals surface area contributed by atoms with E-state index in [4.69, 9.17) is 0 Å². The summed E-state index contributed by atoms with van der Waals surface area (Å²) in [7, 11) is 0. The molecule has 1 aromatic carbocycles. The highest BCUT2D eigenvalue weighted by Gasteiger charge is 2.42. The van der Waals surface area contributed by atoms with Crippen LogP contribution in [0.25, 0.3) is 0 Å². The fraction of sp³-hybridized carbons (Fsp3) is 0.652. The third-order valence-electron chi connectivity index (χ3n) is 5.64. The number of nitrogens with one attached hydrogen (secondary N) is 1. The van der Waals surface area contributed by atoms with Crippen LogP contribution in [0.1, 0.15) is 50.5 Å². The predicted octanol–water partition coefficient (Wildman–Crippen LogP) is 4.18. The van der Waals surface area contributed by atoms with Gasteiger partial charge in [-0.1, -0.05) is 32.4 Å². The van der Waals surface area contributed by atoms with Crippen molar-refractivity contribution in [2.45, 2.75) is 56.5 Å². The lowest BCUT2D eigenvalue weighted by atomic mass is 10.1. The fourth-order valence-corrected chi connectivity index (χ4v) is 5.65. The summed E-state index contributed by atoms with van der Waals surface area (Å²) in [4.78, 5) is 29.6. The van der Waals surface area contributed by atoms with Gasteiger partial charge in [0.1, 0.15) is 11.1 Å². The summed E-state index contributed by atoms with van der Waals surface area (Å²) in [5.41, 5.74) is 0.545. The van der Waals surface area contributed by atoms with Crippen LogP contribution in [0.3, 0.4) is 0 Å². The summed E-state index contributed by atoms with van der Waals surface area (Å²) in [6.45, 7) is 7.84.